The normalized spacial score (nSPS) is 38.5. The first-order valence-corrected chi connectivity index (χ1v) is 26.2. The topological polar surface area (TPSA) is 276 Å². The van der Waals surface area contributed by atoms with Gasteiger partial charge in [0.2, 0.25) is 0 Å². The summed E-state index contributed by atoms with van der Waals surface area (Å²) in [4.78, 5) is 35.0. The molecule has 0 amide bonds. The van der Waals surface area contributed by atoms with Crippen molar-refractivity contribution in [2.45, 2.75) is 199 Å². The minimum absolute atomic E-state index is 0.0298. The minimum atomic E-state index is -1.97. The third kappa shape index (κ3) is 15.0. The number of hydrogen-bond donors (Lipinski definition) is 5. The number of benzene rings is 1. The molecule has 0 aliphatic carbocycles. The van der Waals surface area contributed by atoms with Gasteiger partial charge < -0.3 is 68.6 Å². The zero-order valence-electron chi connectivity index (χ0n) is 46.1. The van der Waals surface area contributed by atoms with Crippen LogP contribution in [0.5, 0.6) is 0 Å². The number of cyclic esters (lactones) is 1. The van der Waals surface area contributed by atoms with E-state index in [-0.39, 0.29) is 31.6 Å². The summed E-state index contributed by atoms with van der Waals surface area (Å²) in [5.41, 5.74) is -2.85. The first kappa shape index (κ1) is 61.1. The maximum absolute atomic E-state index is 14.6. The molecule has 4 heterocycles. The number of nitro benzene ring substituents is 1. The van der Waals surface area contributed by atoms with Gasteiger partial charge in [-0.25, -0.2) is 0 Å². The SMILES string of the molecule is CC[C@H]1OC(=O)C(C)[C@@H](O[C@H]2C[C@@](C)(OC)[C@@H](O)C(C)O2)[C@H](C)[C@@H](OC2OC(C)CC(N(C)CCc3cn(CCc4ccc([N+](=O)[O-])cc4)nn3)[C@H]2O)[C@](C)(O)C[C@@H](C)/C(=N\OCCN(C)C)C(C)C(O)[C@]1(C)O. The third-order valence-electron chi connectivity index (χ3n) is 15.6. The van der Waals surface area contributed by atoms with Crippen molar-refractivity contribution >= 4 is 17.4 Å². The predicted octanol–water partition coefficient (Wildman–Crippen LogP) is 3.51. The molecule has 2 aromatic rings. The highest BCUT2D eigenvalue weighted by Crippen LogP contribution is 2.41. The fourth-order valence-electron chi connectivity index (χ4n) is 10.9. The smallest absolute Gasteiger partial charge is 0.311 e. The van der Waals surface area contributed by atoms with Gasteiger partial charge in [0.15, 0.2) is 12.6 Å². The number of rotatable bonds is 18. The molecule has 3 aliphatic rings. The number of esters is 1. The number of aliphatic hydroxyl groups is 5. The van der Waals surface area contributed by atoms with E-state index in [0.29, 0.717) is 44.6 Å². The lowest BCUT2D eigenvalue weighted by molar-refractivity contribution is -0.384. The number of carbonyl (C=O) groups excluding carboxylic acids is 1. The van der Waals surface area contributed by atoms with Crippen molar-refractivity contribution in [1.29, 1.82) is 0 Å². The van der Waals surface area contributed by atoms with E-state index in [9.17, 15) is 40.4 Å². The average molecular weight is 1050 g/mol. The fraction of sp³-hybridized carbons (Fsp3) is 0.808. The van der Waals surface area contributed by atoms with Crippen LogP contribution in [0.3, 0.4) is 0 Å². The molecule has 74 heavy (non-hydrogen) atoms. The molecule has 0 radical (unpaired) electrons. The van der Waals surface area contributed by atoms with E-state index in [2.05, 4.69) is 15.5 Å². The van der Waals surface area contributed by atoms with Crippen molar-refractivity contribution in [2.24, 2.45) is 28.8 Å². The monoisotopic (exact) mass is 1050 g/mol. The Hall–Kier alpha value is -3.78. The Labute approximate surface area is 436 Å². The Kier molecular flexibility index (Phi) is 21.5. The standard InChI is InChI=1S/C52H87N7O15/c1-15-40-52(10,65)45(61)32(4)42(54-69-25-24-56(11)12)30(2)27-50(8,64)47(33(5)44(34(6)48(63)72-40)73-41-28-51(9,68-14)46(62)35(7)71-41)74-49-43(60)39(26-31(3)70-49)57(13)22-21-37-29-58(55-53-37)23-20-36-16-18-38(19-17-36)59(66)67/h16-19,29-35,39-41,43-47,49,60-62,64-65H,15,20-28H2,1-14H3/b54-42+/t30-,31?,32?,33+,34?,35?,39?,40-,41+,43-,44+,45?,46+,47-,49?,50-,51-,52-/m1/s1. The van der Waals surface area contributed by atoms with Gasteiger partial charge in [-0.2, -0.15) is 0 Å². The van der Waals surface area contributed by atoms with Crippen LogP contribution >= 0.6 is 0 Å². The summed E-state index contributed by atoms with van der Waals surface area (Å²) in [7, 11) is 7.18. The summed E-state index contributed by atoms with van der Waals surface area (Å²) in [6.45, 7) is 18.8. The average Bonchev–Trinajstić information content (AvgIpc) is 3.81. The first-order chi connectivity index (χ1) is 34.6. The maximum Gasteiger partial charge on any atom is 0.311 e. The maximum atomic E-state index is 14.6. The van der Waals surface area contributed by atoms with Gasteiger partial charge in [0.25, 0.3) is 5.69 Å². The van der Waals surface area contributed by atoms with Gasteiger partial charge in [-0.05, 0) is 93.9 Å². The number of carbonyl (C=O) groups is 1. The van der Waals surface area contributed by atoms with Crippen molar-refractivity contribution in [2.75, 3.05) is 47.9 Å². The molecule has 5 rings (SSSR count). The number of nitro groups is 1. The number of aromatic nitrogens is 3. The molecule has 3 fully saturated rings. The van der Waals surface area contributed by atoms with Crippen LogP contribution in [0, 0.1) is 33.8 Å². The molecule has 18 atom stereocenters. The summed E-state index contributed by atoms with van der Waals surface area (Å²) >= 11 is 0. The molecule has 5 N–H and O–H groups in total. The number of hydrogen-bond acceptors (Lipinski definition) is 20. The van der Waals surface area contributed by atoms with Crippen molar-refractivity contribution < 1.29 is 68.5 Å². The molecule has 0 bridgehead atoms. The van der Waals surface area contributed by atoms with Gasteiger partial charge in [-0.15, -0.1) is 5.10 Å². The van der Waals surface area contributed by atoms with Crippen molar-refractivity contribution in [3.63, 3.8) is 0 Å². The first-order valence-electron chi connectivity index (χ1n) is 26.2. The molecule has 420 valence electrons. The number of methoxy groups -OCH3 is 1. The number of aliphatic hydroxyl groups excluding tert-OH is 3. The molecule has 3 saturated heterocycles. The van der Waals surface area contributed by atoms with Gasteiger partial charge in [-0.3, -0.25) is 19.6 Å². The van der Waals surface area contributed by atoms with Crippen LogP contribution in [0.1, 0.15) is 106 Å². The van der Waals surface area contributed by atoms with Crippen molar-refractivity contribution in [3.8, 4) is 0 Å². The van der Waals surface area contributed by atoms with Crippen LogP contribution in [0.15, 0.2) is 35.6 Å². The van der Waals surface area contributed by atoms with Gasteiger partial charge >= 0.3 is 5.97 Å². The minimum Gasteiger partial charge on any atom is -0.459 e. The zero-order valence-corrected chi connectivity index (χ0v) is 46.1. The summed E-state index contributed by atoms with van der Waals surface area (Å²) in [6.07, 6.45) is -7.22. The van der Waals surface area contributed by atoms with Crippen LogP contribution in [0.2, 0.25) is 0 Å². The second-order valence-corrected chi connectivity index (χ2v) is 22.1. The fourth-order valence-corrected chi connectivity index (χ4v) is 10.9. The van der Waals surface area contributed by atoms with Crippen LogP contribution in [-0.2, 0) is 57.4 Å². The number of nitrogens with zero attached hydrogens (tertiary/aromatic N) is 7. The molecule has 22 nitrogen and oxygen atoms in total. The predicted molar refractivity (Wildman–Crippen MR) is 273 cm³/mol. The van der Waals surface area contributed by atoms with E-state index < -0.39 is 119 Å². The highest BCUT2D eigenvalue weighted by Gasteiger charge is 2.53. The lowest BCUT2D eigenvalue weighted by Crippen LogP contribution is -2.61. The van der Waals surface area contributed by atoms with Gasteiger partial charge in [0.05, 0.1) is 64.0 Å². The molecule has 1 aromatic carbocycles. The summed E-state index contributed by atoms with van der Waals surface area (Å²) in [5.74, 6) is -4.24. The van der Waals surface area contributed by atoms with Gasteiger partial charge in [-0.1, -0.05) is 50.2 Å². The van der Waals surface area contributed by atoms with Crippen molar-refractivity contribution in [1.82, 2.24) is 24.8 Å². The van der Waals surface area contributed by atoms with Crippen LogP contribution in [-0.4, -0.2) is 199 Å². The summed E-state index contributed by atoms with van der Waals surface area (Å²) < 4.78 is 40.1. The molecule has 3 aliphatic heterocycles. The molecular weight excluding hydrogens is 963 g/mol. The second kappa shape index (κ2) is 26.0. The summed E-state index contributed by atoms with van der Waals surface area (Å²) in [5, 5.41) is 84.9. The summed E-state index contributed by atoms with van der Waals surface area (Å²) in [6, 6.07) is 5.93. The van der Waals surface area contributed by atoms with Gasteiger partial charge in [0, 0.05) is 81.7 Å². The number of aryl methyl sites for hydroxylation is 2. The molecule has 0 spiro atoms. The van der Waals surface area contributed by atoms with Crippen LogP contribution < -0.4 is 0 Å². The number of ether oxygens (including phenoxy) is 6. The van der Waals surface area contributed by atoms with E-state index in [1.807, 2.05) is 51.0 Å². The van der Waals surface area contributed by atoms with Gasteiger partial charge in [0.1, 0.15) is 30.5 Å². The van der Waals surface area contributed by atoms with E-state index in [1.54, 1.807) is 65.3 Å². The lowest BCUT2D eigenvalue weighted by Gasteiger charge is -2.49. The molecule has 1 aromatic heterocycles. The van der Waals surface area contributed by atoms with E-state index >= 15 is 0 Å². The highest BCUT2D eigenvalue weighted by molar-refractivity contribution is 5.88. The Bertz CT molecular complexity index is 2130. The quantitative estimate of drug-likeness (QED) is 0.0618. The third-order valence-corrected chi connectivity index (χ3v) is 15.6. The Morgan fingerprint density at radius 3 is 2.23 bits per heavy atom. The largest absolute Gasteiger partial charge is 0.459 e. The number of oxime groups is 1. The Morgan fingerprint density at radius 1 is 0.932 bits per heavy atom. The van der Waals surface area contributed by atoms with Crippen LogP contribution in [0.25, 0.3) is 0 Å². The number of non-ortho nitro benzene ring substituents is 1. The van der Waals surface area contributed by atoms with E-state index in [1.165, 1.54) is 26.2 Å². The molecule has 7 unspecified atom stereocenters. The van der Waals surface area contributed by atoms with Crippen LogP contribution in [0.4, 0.5) is 5.69 Å². The lowest BCUT2D eigenvalue weighted by atomic mass is 9.73. The number of likely N-dealkylation sites (N-methyl/N-ethyl adjacent to an activating group) is 2. The Balaban J connectivity index is 1.48. The zero-order chi connectivity index (χ0) is 55.0. The molecule has 0 saturated carbocycles. The van der Waals surface area contributed by atoms with E-state index in [4.69, 9.17) is 33.3 Å². The molecule has 22 heteroatoms. The Morgan fingerprint density at radius 2 is 1.61 bits per heavy atom. The highest BCUT2D eigenvalue weighted by atomic mass is 16.7. The van der Waals surface area contributed by atoms with Crippen molar-refractivity contribution in [3.05, 3.63) is 51.8 Å². The second-order valence-electron chi connectivity index (χ2n) is 22.1. The van der Waals surface area contributed by atoms with E-state index in [0.717, 1.165) is 11.3 Å². The molecular formula is C52H87N7O15.